The maximum atomic E-state index is 12.2. The average molecular weight is 127 g/mol. The Morgan fingerprint density at radius 2 is 1.88 bits per heavy atom. The molecule has 0 aromatic heterocycles. The van der Waals surface area contributed by atoms with Gasteiger partial charge >= 0.3 is 0 Å². The van der Waals surface area contributed by atoms with Crippen molar-refractivity contribution in [3.63, 3.8) is 0 Å². The molecule has 0 nitrogen and oxygen atoms in total. The van der Waals surface area contributed by atoms with Crippen molar-refractivity contribution < 1.29 is 4.39 Å². The fraction of sp³-hybridized carbons (Fsp3) is 0. The van der Waals surface area contributed by atoms with Gasteiger partial charge in [-0.3, -0.25) is 0 Å². The summed E-state index contributed by atoms with van der Waals surface area (Å²) in [7, 11) is 0. The van der Waals surface area contributed by atoms with Gasteiger partial charge in [0.25, 0.3) is 0 Å². The molecule has 0 radical (unpaired) electrons. The summed E-state index contributed by atoms with van der Waals surface area (Å²) in [4.78, 5) is 0.285. The van der Waals surface area contributed by atoms with Gasteiger partial charge in [0.1, 0.15) is 5.82 Å². The second-order valence-corrected chi connectivity index (χ2v) is 1.87. The van der Waals surface area contributed by atoms with E-state index in [1.165, 1.54) is 6.07 Å². The highest BCUT2D eigenvalue weighted by molar-refractivity contribution is 7.58. The molecule has 0 aliphatic rings. The topological polar surface area (TPSA) is 0 Å². The molecule has 1 rings (SSSR count). The van der Waals surface area contributed by atoms with Gasteiger partial charge in [-0.15, -0.1) is 4.90 Å². The van der Waals surface area contributed by atoms with Crippen molar-refractivity contribution in [1.82, 2.24) is 0 Å². The molecule has 0 fully saturated rings. The van der Waals surface area contributed by atoms with Crippen LogP contribution in [0.3, 0.4) is 0 Å². The molecule has 0 atom stereocenters. The highest BCUT2D eigenvalue weighted by atomic mass is 32.1. The second kappa shape index (κ2) is 2.09. The first-order valence-electron chi connectivity index (χ1n) is 2.22. The van der Waals surface area contributed by atoms with E-state index < -0.39 is 0 Å². The molecule has 0 N–H and O–H groups in total. The number of rotatable bonds is 0. The Balaban J connectivity index is 3.13. The number of hydrogen-bond acceptors (Lipinski definition) is 1. The van der Waals surface area contributed by atoms with Crippen LogP contribution in [0.5, 0.6) is 0 Å². The summed E-state index contributed by atoms with van der Waals surface area (Å²) in [6.45, 7) is 0. The van der Waals surface area contributed by atoms with Gasteiger partial charge in [-0.1, -0.05) is 18.2 Å². The normalized spacial score (nSPS) is 9.12. The van der Waals surface area contributed by atoms with Crippen molar-refractivity contribution in [2.45, 2.75) is 4.90 Å². The molecule has 8 heavy (non-hydrogen) atoms. The summed E-state index contributed by atoms with van der Waals surface area (Å²) in [6.07, 6.45) is 0. The maximum Gasteiger partial charge on any atom is 0.104 e. The van der Waals surface area contributed by atoms with Crippen LogP contribution >= 0.6 is 0 Å². The molecule has 0 spiro atoms. The molecule has 1 aromatic carbocycles. The van der Waals surface area contributed by atoms with E-state index in [0.29, 0.717) is 0 Å². The van der Waals surface area contributed by atoms with Crippen LogP contribution in [0.2, 0.25) is 0 Å². The van der Waals surface area contributed by atoms with E-state index in [1.807, 2.05) is 0 Å². The Morgan fingerprint density at radius 1 is 1.25 bits per heavy atom. The average Bonchev–Trinajstić information content (AvgIpc) is 1.77. The van der Waals surface area contributed by atoms with E-state index in [-0.39, 0.29) is 10.7 Å². The van der Waals surface area contributed by atoms with Gasteiger partial charge < -0.3 is 12.6 Å². The first-order valence-corrected chi connectivity index (χ1v) is 2.63. The zero-order chi connectivity index (χ0) is 5.98. The van der Waals surface area contributed by atoms with Gasteiger partial charge in [0.15, 0.2) is 0 Å². The Bertz CT molecular complexity index is 165. The largest absolute Gasteiger partial charge is 0.777 e. The molecule has 0 aliphatic carbocycles. The quantitative estimate of drug-likeness (QED) is 0.478. The molecule has 0 heterocycles. The van der Waals surface area contributed by atoms with Gasteiger partial charge in [-0.25, -0.2) is 4.39 Å². The summed E-state index contributed by atoms with van der Waals surface area (Å²) in [5, 5.41) is 0. The number of benzene rings is 1. The number of hydrogen-bond donors (Lipinski definition) is 0. The SMILES string of the molecule is Fc1ccccc1[S-]. The van der Waals surface area contributed by atoms with Crippen molar-refractivity contribution in [2.24, 2.45) is 0 Å². The van der Waals surface area contributed by atoms with Crippen molar-refractivity contribution in [2.75, 3.05) is 0 Å². The minimum atomic E-state index is -0.317. The minimum absolute atomic E-state index is 0.285. The fourth-order valence-electron chi connectivity index (χ4n) is 0.445. The van der Waals surface area contributed by atoms with Crippen LogP contribution < -0.4 is 0 Å². The van der Waals surface area contributed by atoms with Crippen molar-refractivity contribution in [1.29, 1.82) is 0 Å². The van der Waals surface area contributed by atoms with Crippen LogP contribution in [0.1, 0.15) is 0 Å². The smallest absolute Gasteiger partial charge is 0.104 e. The molecule has 0 saturated carbocycles. The lowest BCUT2D eigenvalue weighted by molar-refractivity contribution is 0.602. The van der Waals surface area contributed by atoms with E-state index in [9.17, 15) is 4.39 Å². The summed E-state index contributed by atoms with van der Waals surface area (Å²) >= 11 is 4.58. The lowest BCUT2D eigenvalue weighted by Crippen LogP contribution is -1.75. The third-order valence-corrected chi connectivity index (χ3v) is 1.17. The zero-order valence-electron chi connectivity index (χ0n) is 4.10. The third kappa shape index (κ3) is 0.954. The summed E-state index contributed by atoms with van der Waals surface area (Å²) in [5.41, 5.74) is 0. The monoisotopic (exact) mass is 127 g/mol. The highest BCUT2D eigenvalue weighted by Gasteiger charge is 1.81. The highest BCUT2D eigenvalue weighted by Crippen LogP contribution is 2.02. The van der Waals surface area contributed by atoms with E-state index in [0.717, 1.165) is 0 Å². The van der Waals surface area contributed by atoms with Crippen LogP contribution in [0, 0.1) is 5.82 Å². The van der Waals surface area contributed by atoms with Crippen molar-refractivity contribution >= 4 is 12.6 Å². The summed E-state index contributed by atoms with van der Waals surface area (Å²) < 4.78 is 12.2. The van der Waals surface area contributed by atoms with Gasteiger partial charge in [0, 0.05) is 0 Å². The van der Waals surface area contributed by atoms with Crippen LogP contribution in [0.4, 0.5) is 4.39 Å². The second-order valence-electron chi connectivity index (χ2n) is 1.43. The standard InChI is InChI=1S/C6H5FS/c7-5-3-1-2-4-6(5)8/h1-4,8H/p-1. The molecule has 1 aromatic rings. The van der Waals surface area contributed by atoms with Crippen molar-refractivity contribution in [3.8, 4) is 0 Å². The van der Waals surface area contributed by atoms with Gasteiger partial charge in [0.2, 0.25) is 0 Å². The Morgan fingerprint density at radius 3 is 2.25 bits per heavy atom. The first-order chi connectivity index (χ1) is 3.80. The summed E-state index contributed by atoms with van der Waals surface area (Å²) in [6, 6.07) is 6.24. The van der Waals surface area contributed by atoms with Crippen LogP contribution in [-0.2, 0) is 12.6 Å². The minimum Gasteiger partial charge on any atom is -0.777 e. The lowest BCUT2D eigenvalue weighted by atomic mass is 10.4. The Kier molecular flexibility index (Phi) is 1.44. The maximum absolute atomic E-state index is 12.2. The predicted molar refractivity (Wildman–Crippen MR) is 32.0 cm³/mol. The lowest BCUT2D eigenvalue weighted by Gasteiger charge is -2.02. The predicted octanol–water partition coefficient (Wildman–Crippen LogP) is 1.73. The molecule has 0 bridgehead atoms. The molecule has 0 aliphatic heterocycles. The zero-order valence-corrected chi connectivity index (χ0v) is 4.91. The molecule has 0 saturated heterocycles. The van der Waals surface area contributed by atoms with E-state index in [4.69, 9.17) is 0 Å². The first kappa shape index (κ1) is 5.51. The third-order valence-electron chi connectivity index (χ3n) is 0.837. The molecule has 0 amide bonds. The van der Waals surface area contributed by atoms with Crippen LogP contribution in [-0.4, -0.2) is 0 Å². The van der Waals surface area contributed by atoms with Crippen LogP contribution in [0.25, 0.3) is 0 Å². The Hall–Kier alpha value is -0.630. The fourth-order valence-corrected chi connectivity index (χ4v) is 0.591. The molecular weight excluding hydrogens is 123 g/mol. The molecular formula is C6H4FS-. The molecule has 2 heteroatoms. The van der Waals surface area contributed by atoms with Gasteiger partial charge in [0.05, 0.1) is 0 Å². The van der Waals surface area contributed by atoms with Crippen molar-refractivity contribution in [3.05, 3.63) is 30.1 Å². The van der Waals surface area contributed by atoms with Crippen LogP contribution in [0.15, 0.2) is 29.2 Å². The Labute approximate surface area is 52.8 Å². The number of halogens is 1. The van der Waals surface area contributed by atoms with E-state index in [1.54, 1.807) is 18.2 Å². The van der Waals surface area contributed by atoms with Gasteiger partial charge in [-0.2, -0.15) is 0 Å². The van der Waals surface area contributed by atoms with E-state index in [2.05, 4.69) is 12.6 Å². The van der Waals surface area contributed by atoms with E-state index >= 15 is 0 Å². The molecule has 42 valence electrons. The van der Waals surface area contributed by atoms with Gasteiger partial charge in [-0.05, 0) is 6.07 Å². The summed E-state index contributed by atoms with van der Waals surface area (Å²) in [5.74, 6) is -0.317. The molecule has 0 unspecified atom stereocenters.